The van der Waals surface area contributed by atoms with Crippen molar-refractivity contribution < 1.29 is 32.2 Å². The summed E-state index contributed by atoms with van der Waals surface area (Å²) in [4.78, 5) is 25.7. The molecule has 0 aliphatic carbocycles. The van der Waals surface area contributed by atoms with Crippen LogP contribution in [0.15, 0.2) is 28.7 Å². The van der Waals surface area contributed by atoms with Crippen molar-refractivity contribution in [1.82, 2.24) is 5.32 Å². The van der Waals surface area contributed by atoms with Gasteiger partial charge in [0.05, 0.1) is 27.9 Å². The van der Waals surface area contributed by atoms with E-state index in [0.29, 0.717) is 39.9 Å². The highest BCUT2D eigenvalue weighted by molar-refractivity contribution is 9.10. The van der Waals surface area contributed by atoms with E-state index in [0.717, 1.165) is 30.8 Å². The van der Waals surface area contributed by atoms with Gasteiger partial charge in [0, 0.05) is 6.04 Å². The van der Waals surface area contributed by atoms with Gasteiger partial charge in [0.25, 0.3) is 0 Å². The number of unbranched alkanes of at least 4 members (excludes halogenated alkanes) is 1. The molecule has 2 aromatic rings. The molecule has 216 valence electrons. The van der Waals surface area contributed by atoms with Crippen molar-refractivity contribution in [2.75, 3.05) is 36.9 Å². The Hall–Kier alpha value is -2.15. The molecule has 0 amide bonds. The quantitative estimate of drug-likeness (QED) is 0.325. The molecular weight excluding hydrogens is 608 g/mol. The van der Waals surface area contributed by atoms with Crippen LogP contribution >= 0.6 is 27.3 Å². The maximum Gasteiger partial charge on any atom is 0.351 e. The number of piperidine rings is 1. The van der Waals surface area contributed by atoms with Gasteiger partial charge < -0.3 is 19.5 Å². The number of halogens is 1. The van der Waals surface area contributed by atoms with E-state index in [2.05, 4.69) is 21.2 Å². The summed E-state index contributed by atoms with van der Waals surface area (Å²) in [6.07, 6.45) is 2.80. The van der Waals surface area contributed by atoms with Gasteiger partial charge in [-0.05, 0) is 86.7 Å². The predicted octanol–water partition coefficient (Wildman–Crippen LogP) is 5.37. The van der Waals surface area contributed by atoms with Gasteiger partial charge in [0.15, 0.2) is 17.2 Å². The van der Waals surface area contributed by atoms with Crippen molar-refractivity contribution in [2.24, 2.45) is 0 Å². The summed E-state index contributed by atoms with van der Waals surface area (Å²) in [5.74, 6) is -0.935. The fourth-order valence-electron chi connectivity index (χ4n) is 4.29. The lowest BCUT2D eigenvalue weighted by molar-refractivity contribution is -0.157. The second-order valence-electron chi connectivity index (χ2n) is 10.3. The van der Waals surface area contributed by atoms with Crippen molar-refractivity contribution in [2.45, 2.75) is 65.0 Å². The minimum Gasteiger partial charge on any atom is -0.479 e. The minimum atomic E-state index is -3.55. The summed E-state index contributed by atoms with van der Waals surface area (Å²) >= 11 is 4.68. The Morgan fingerprint density at radius 2 is 1.90 bits per heavy atom. The third-order valence-electron chi connectivity index (χ3n) is 5.99. The number of carbonyl (C=O) groups excluding carboxylic acids is 2. The Morgan fingerprint density at radius 3 is 2.51 bits per heavy atom. The third-order valence-corrected chi connectivity index (χ3v) is 10.1. The number of hydrogen-bond donors (Lipinski definition) is 1. The molecule has 2 heterocycles. The highest BCUT2D eigenvalue weighted by Gasteiger charge is 2.32. The molecule has 0 atom stereocenters. The Bertz CT molecular complexity index is 1270. The monoisotopic (exact) mass is 644 g/mol. The van der Waals surface area contributed by atoms with Gasteiger partial charge in [-0.25, -0.2) is 18.0 Å². The number of ether oxygens (including phenoxy) is 3. The SMILES string of the molecule is CCCCS(=O)(=O)N(c1cccc(-c2sc(C(=O)OC)c(OCC(=O)OC(C)(C)C)c2Br)c1)C1CCNCC1. The van der Waals surface area contributed by atoms with Crippen molar-refractivity contribution in [3.8, 4) is 16.2 Å². The Balaban J connectivity index is 2.01. The van der Waals surface area contributed by atoms with Gasteiger partial charge in [0.2, 0.25) is 10.0 Å². The third kappa shape index (κ3) is 8.18. The molecule has 1 aromatic carbocycles. The lowest BCUT2D eigenvalue weighted by atomic mass is 10.1. The molecule has 0 unspecified atom stereocenters. The van der Waals surface area contributed by atoms with Crippen molar-refractivity contribution in [3.05, 3.63) is 33.6 Å². The standard InChI is InChI=1S/C27H37BrN2O7S2/c1-6-7-15-39(33,34)30(19-11-13-29-14-12-19)20-10-8-9-18(16-20)24-22(28)23(25(38-24)26(32)35-5)36-17-21(31)37-27(2,3)4/h8-10,16,19,29H,6-7,11-15,17H2,1-5H3. The minimum absolute atomic E-state index is 0.0789. The number of carbonyl (C=O) groups is 2. The first kappa shape index (κ1) is 31.4. The molecule has 0 radical (unpaired) electrons. The number of sulfonamides is 1. The average molecular weight is 646 g/mol. The highest BCUT2D eigenvalue weighted by Crippen LogP contribution is 2.46. The predicted molar refractivity (Wildman–Crippen MR) is 157 cm³/mol. The maximum atomic E-state index is 13.5. The van der Waals surface area contributed by atoms with Crippen molar-refractivity contribution in [3.63, 3.8) is 0 Å². The van der Waals surface area contributed by atoms with Crippen molar-refractivity contribution in [1.29, 1.82) is 0 Å². The number of anilines is 1. The lowest BCUT2D eigenvalue weighted by Crippen LogP contribution is -2.47. The highest BCUT2D eigenvalue weighted by atomic mass is 79.9. The van der Waals surface area contributed by atoms with Crippen LogP contribution in [0.4, 0.5) is 5.69 Å². The number of nitrogens with one attached hydrogen (secondary N) is 1. The first-order valence-corrected chi connectivity index (χ1v) is 16.2. The number of hydrogen-bond acceptors (Lipinski definition) is 9. The average Bonchev–Trinajstić information content (AvgIpc) is 3.21. The number of methoxy groups -OCH3 is 1. The zero-order valence-corrected chi connectivity index (χ0v) is 26.3. The summed E-state index contributed by atoms with van der Waals surface area (Å²) < 4.78 is 45.1. The fraction of sp³-hybridized carbons (Fsp3) is 0.556. The molecule has 1 N–H and O–H groups in total. The molecule has 1 aromatic heterocycles. The normalized spacial score (nSPS) is 14.6. The van der Waals surface area contributed by atoms with E-state index in [1.165, 1.54) is 7.11 Å². The summed E-state index contributed by atoms with van der Waals surface area (Å²) in [7, 11) is -2.28. The summed E-state index contributed by atoms with van der Waals surface area (Å²) in [5.41, 5.74) is 0.596. The van der Waals surface area contributed by atoms with E-state index in [-0.39, 0.29) is 22.4 Å². The summed E-state index contributed by atoms with van der Waals surface area (Å²) in [6, 6.07) is 7.13. The van der Waals surface area contributed by atoms with E-state index in [1.807, 2.05) is 19.1 Å². The van der Waals surface area contributed by atoms with Gasteiger partial charge in [-0.2, -0.15) is 0 Å². The van der Waals surface area contributed by atoms with Crippen LogP contribution in [-0.4, -0.2) is 64.6 Å². The van der Waals surface area contributed by atoms with Crippen LogP contribution in [0.5, 0.6) is 5.75 Å². The molecule has 1 aliphatic heterocycles. The van der Waals surface area contributed by atoms with E-state index >= 15 is 0 Å². The first-order valence-electron chi connectivity index (χ1n) is 13.0. The summed E-state index contributed by atoms with van der Waals surface area (Å²) in [5, 5.41) is 3.30. The van der Waals surface area contributed by atoms with Gasteiger partial charge in [0.1, 0.15) is 5.60 Å². The van der Waals surface area contributed by atoms with Gasteiger partial charge in [-0.3, -0.25) is 4.31 Å². The molecule has 39 heavy (non-hydrogen) atoms. The smallest absolute Gasteiger partial charge is 0.351 e. The molecule has 9 nitrogen and oxygen atoms in total. The second-order valence-corrected chi connectivity index (χ2v) is 14.0. The largest absolute Gasteiger partial charge is 0.479 e. The summed E-state index contributed by atoms with van der Waals surface area (Å²) in [6.45, 7) is 8.35. The van der Waals surface area contributed by atoms with Crippen LogP contribution in [0.3, 0.4) is 0 Å². The molecule has 3 rings (SSSR count). The molecular formula is C27H37BrN2O7S2. The molecule has 1 saturated heterocycles. The first-order chi connectivity index (χ1) is 18.4. The number of nitrogens with zero attached hydrogens (tertiary/aromatic N) is 1. The zero-order chi connectivity index (χ0) is 28.8. The Morgan fingerprint density at radius 1 is 1.21 bits per heavy atom. The van der Waals surface area contributed by atoms with E-state index < -0.39 is 34.2 Å². The van der Waals surface area contributed by atoms with Crippen LogP contribution in [0.1, 0.15) is 63.0 Å². The molecule has 0 bridgehead atoms. The Kier molecular flexibility index (Phi) is 10.8. The molecule has 0 saturated carbocycles. The lowest BCUT2D eigenvalue weighted by Gasteiger charge is -2.35. The number of thiophene rings is 1. The number of rotatable bonds is 11. The van der Waals surface area contributed by atoms with E-state index in [9.17, 15) is 18.0 Å². The second kappa shape index (κ2) is 13.5. The van der Waals surface area contributed by atoms with Crippen molar-refractivity contribution >= 4 is 54.9 Å². The number of benzene rings is 1. The fourth-order valence-corrected chi connectivity index (χ4v) is 8.21. The number of esters is 2. The molecule has 0 spiro atoms. The van der Waals surface area contributed by atoms with E-state index in [1.54, 1.807) is 37.2 Å². The zero-order valence-electron chi connectivity index (χ0n) is 23.0. The van der Waals surface area contributed by atoms with Crippen LogP contribution < -0.4 is 14.4 Å². The van der Waals surface area contributed by atoms with Crippen LogP contribution in [0.25, 0.3) is 10.4 Å². The van der Waals surface area contributed by atoms with Crippen LogP contribution in [-0.2, 0) is 24.3 Å². The maximum absolute atomic E-state index is 13.5. The van der Waals surface area contributed by atoms with Crippen LogP contribution in [0.2, 0.25) is 0 Å². The Labute approximate surface area is 243 Å². The van der Waals surface area contributed by atoms with Gasteiger partial charge in [-0.15, -0.1) is 11.3 Å². The molecule has 1 fully saturated rings. The molecule has 12 heteroatoms. The van der Waals surface area contributed by atoms with Gasteiger partial charge >= 0.3 is 11.9 Å². The van der Waals surface area contributed by atoms with E-state index in [4.69, 9.17) is 14.2 Å². The molecule has 1 aliphatic rings. The van der Waals surface area contributed by atoms with Gasteiger partial charge in [-0.1, -0.05) is 25.5 Å². The topological polar surface area (TPSA) is 111 Å². The van der Waals surface area contributed by atoms with Crippen LogP contribution in [0, 0.1) is 0 Å².